The number of rotatable bonds is 5. The predicted molar refractivity (Wildman–Crippen MR) is 183 cm³/mol. The standard InChI is InChI=1S/C42H28N4/c1-28-44-40(31-11-5-2-6-12-31)46-41(45-28)33-22-24-37-36-23-21-32(30-19-17-29(27-43)18-20-30)25-38(36)42(39(37)26-33,34-13-7-3-8-14-34)35-15-9-4-10-16-35/h2-26H,1H3. The molecule has 0 aliphatic heterocycles. The SMILES string of the molecule is Cc1nc(-c2ccccc2)nc(-c2ccc3c(c2)C(c2ccccc2)(c2ccccc2)c2cc(-c4ccc(C#N)cc4)ccc2-3)n1. The Kier molecular flexibility index (Phi) is 6.59. The van der Waals surface area contributed by atoms with Crippen molar-refractivity contribution in [2.75, 3.05) is 0 Å². The monoisotopic (exact) mass is 588 g/mol. The van der Waals surface area contributed by atoms with Gasteiger partial charge in [0.15, 0.2) is 11.6 Å². The summed E-state index contributed by atoms with van der Waals surface area (Å²) in [6.07, 6.45) is 0. The number of nitrogens with zero attached hydrogens (tertiary/aromatic N) is 4. The van der Waals surface area contributed by atoms with Gasteiger partial charge in [0, 0.05) is 11.1 Å². The lowest BCUT2D eigenvalue weighted by Crippen LogP contribution is -2.28. The fourth-order valence-electron chi connectivity index (χ4n) is 6.87. The van der Waals surface area contributed by atoms with Crippen LogP contribution in [0.1, 0.15) is 33.6 Å². The fourth-order valence-corrected chi connectivity index (χ4v) is 6.87. The van der Waals surface area contributed by atoms with Gasteiger partial charge in [0.1, 0.15) is 5.82 Å². The first-order valence-electron chi connectivity index (χ1n) is 15.3. The van der Waals surface area contributed by atoms with Crippen molar-refractivity contribution in [2.24, 2.45) is 0 Å². The molecule has 4 nitrogen and oxygen atoms in total. The first-order chi connectivity index (χ1) is 22.6. The van der Waals surface area contributed by atoms with Gasteiger partial charge in [-0.1, -0.05) is 127 Å². The van der Waals surface area contributed by atoms with Gasteiger partial charge in [-0.3, -0.25) is 0 Å². The zero-order chi connectivity index (χ0) is 31.1. The number of fused-ring (bicyclic) bond motifs is 3. The summed E-state index contributed by atoms with van der Waals surface area (Å²) in [5.74, 6) is 1.99. The maximum Gasteiger partial charge on any atom is 0.163 e. The van der Waals surface area contributed by atoms with E-state index in [2.05, 4.69) is 108 Å². The molecule has 1 aliphatic carbocycles. The molecule has 46 heavy (non-hydrogen) atoms. The second kappa shape index (κ2) is 11.1. The molecule has 1 aliphatic rings. The van der Waals surface area contributed by atoms with Crippen molar-refractivity contribution in [3.05, 3.63) is 185 Å². The Hall–Kier alpha value is -6.18. The van der Waals surface area contributed by atoms with Crippen LogP contribution in [-0.4, -0.2) is 15.0 Å². The Morgan fingerprint density at radius 2 is 0.957 bits per heavy atom. The lowest BCUT2D eigenvalue weighted by molar-refractivity contribution is 0.769. The topological polar surface area (TPSA) is 62.5 Å². The molecule has 0 saturated heterocycles. The van der Waals surface area contributed by atoms with Crippen LogP contribution in [0.25, 0.3) is 45.0 Å². The Morgan fingerprint density at radius 1 is 0.478 bits per heavy atom. The van der Waals surface area contributed by atoms with Crippen molar-refractivity contribution < 1.29 is 0 Å². The molecular weight excluding hydrogens is 560 g/mol. The van der Waals surface area contributed by atoms with Crippen molar-refractivity contribution in [1.29, 1.82) is 5.26 Å². The number of hydrogen-bond acceptors (Lipinski definition) is 4. The van der Waals surface area contributed by atoms with Gasteiger partial charge in [0.05, 0.1) is 17.0 Å². The summed E-state index contributed by atoms with van der Waals surface area (Å²) in [6.45, 7) is 1.92. The van der Waals surface area contributed by atoms with E-state index in [1.54, 1.807) is 0 Å². The lowest BCUT2D eigenvalue weighted by atomic mass is 9.67. The minimum absolute atomic E-state index is 0.587. The number of aromatic nitrogens is 3. The van der Waals surface area contributed by atoms with E-state index >= 15 is 0 Å². The van der Waals surface area contributed by atoms with Crippen LogP contribution in [0.4, 0.5) is 0 Å². The number of hydrogen-bond donors (Lipinski definition) is 0. The minimum atomic E-state index is -0.587. The number of benzene rings is 6. The zero-order valence-corrected chi connectivity index (χ0v) is 25.2. The van der Waals surface area contributed by atoms with Crippen molar-refractivity contribution in [2.45, 2.75) is 12.3 Å². The number of nitriles is 1. The van der Waals surface area contributed by atoms with Crippen LogP contribution >= 0.6 is 0 Å². The van der Waals surface area contributed by atoms with Crippen LogP contribution in [0.2, 0.25) is 0 Å². The lowest BCUT2D eigenvalue weighted by Gasteiger charge is -2.34. The van der Waals surface area contributed by atoms with Crippen LogP contribution in [0.15, 0.2) is 152 Å². The first-order valence-corrected chi connectivity index (χ1v) is 15.3. The van der Waals surface area contributed by atoms with E-state index < -0.39 is 5.41 Å². The zero-order valence-electron chi connectivity index (χ0n) is 25.2. The summed E-state index contributed by atoms with van der Waals surface area (Å²) in [7, 11) is 0. The highest BCUT2D eigenvalue weighted by Gasteiger charge is 2.46. The Balaban J connectivity index is 1.40. The summed E-state index contributed by atoms with van der Waals surface area (Å²) >= 11 is 0. The summed E-state index contributed by atoms with van der Waals surface area (Å²) in [6, 6.07) is 55.0. The van der Waals surface area contributed by atoms with E-state index in [1.807, 2.05) is 61.5 Å². The van der Waals surface area contributed by atoms with Gasteiger partial charge in [-0.15, -0.1) is 0 Å². The molecule has 6 aromatic carbocycles. The van der Waals surface area contributed by atoms with Gasteiger partial charge in [0.25, 0.3) is 0 Å². The molecule has 0 unspecified atom stereocenters. The highest BCUT2D eigenvalue weighted by Crippen LogP contribution is 2.57. The summed E-state index contributed by atoms with van der Waals surface area (Å²) in [5.41, 5.74) is 11.3. The van der Waals surface area contributed by atoms with Gasteiger partial charge >= 0.3 is 0 Å². The van der Waals surface area contributed by atoms with Crippen molar-refractivity contribution in [3.63, 3.8) is 0 Å². The highest BCUT2D eigenvalue weighted by atomic mass is 15.0. The summed E-state index contributed by atoms with van der Waals surface area (Å²) in [4.78, 5) is 14.5. The molecule has 8 rings (SSSR count). The van der Waals surface area contributed by atoms with E-state index in [4.69, 9.17) is 9.97 Å². The van der Waals surface area contributed by atoms with Crippen molar-refractivity contribution in [3.8, 4) is 51.1 Å². The molecule has 0 amide bonds. The van der Waals surface area contributed by atoms with Crippen molar-refractivity contribution in [1.82, 2.24) is 15.0 Å². The average Bonchev–Trinajstić information content (AvgIpc) is 3.42. The Labute approximate surface area is 268 Å². The highest BCUT2D eigenvalue weighted by molar-refractivity contribution is 5.89. The smallest absolute Gasteiger partial charge is 0.163 e. The second-order valence-electron chi connectivity index (χ2n) is 11.6. The molecule has 7 aromatic rings. The quantitative estimate of drug-likeness (QED) is 0.201. The molecule has 0 saturated carbocycles. The Morgan fingerprint density at radius 3 is 1.52 bits per heavy atom. The van der Waals surface area contributed by atoms with E-state index in [1.165, 1.54) is 33.4 Å². The summed E-state index contributed by atoms with van der Waals surface area (Å²) in [5, 5.41) is 9.38. The van der Waals surface area contributed by atoms with Crippen LogP contribution in [0.5, 0.6) is 0 Å². The second-order valence-corrected chi connectivity index (χ2v) is 11.6. The normalized spacial score (nSPS) is 12.6. The fraction of sp³-hybridized carbons (Fsp3) is 0.0476. The van der Waals surface area contributed by atoms with Gasteiger partial charge in [-0.05, 0) is 75.7 Å². The molecular formula is C42H28N4. The number of aryl methyl sites for hydroxylation is 1. The van der Waals surface area contributed by atoms with Crippen LogP contribution in [0.3, 0.4) is 0 Å². The van der Waals surface area contributed by atoms with Crippen LogP contribution in [0, 0.1) is 18.3 Å². The van der Waals surface area contributed by atoms with E-state index in [0.29, 0.717) is 23.0 Å². The Bertz CT molecular complexity index is 2210. The van der Waals surface area contributed by atoms with Gasteiger partial charge in [0.2, 0.25) is 0 Å². The molecule has 1 aromatic heterocycles. The maximum absolute atomic E-state index is 9.38. The molecule has 0 spiro atoms. The van der Waals surface area contributed by atoms with Gasteiger partial charge in [-0.2, -0.15) is 5.26 Å². The maximum atomic E-state index is 9.38. The molecule has 0 atom stereocenters. The molecule has 0 radical (unpaired) electrons. The average molecular weight is 589 g/mol. The van der Waals surface area contributed by atoms with Crippen LogP contribution in [-0.2, 0) is 5.41 Å². The van der Waals surface area contributed by atoms with Gasteiger partial charge in [-0.25, -0.2) is 15.0 Å². The van der Waals surface area contributed by atoms with Crippen LogP contribution < -0.4 is 0 Å². The molecule has 4 heteroatoms. The first kappa shape index (κ1) is 27.4. The van der Waals surface area contributed by atoms with E-state index in [-0.39, 0.29) is 0 Å². The van der Waals surface area contributed by atoms with E-state index in [9.17, 15) is 5.26 Å². The minimum Gasteiger partial charge on any atom is -0.213 e. The predicted octanol–water partition coefficient (Wildman–Crippen LogP) is 9.42. The third-order valence-corrected chi connectivity index (χ3v) is 8.94. The third kappa shape index (κ3) is 4.41. The summed E-state index contributed by atoms with van der Waals surface area (Å²) < 4.78 is 0. The van der Waals surface area contributed by atoms with E-state index in [0.717, 1.165) is 22.3 Å². The third-order valence-electron chi connectivity index (χ3n) is 8.94. The largest absolute Gasteiger partial charge is 0.213 e. The molecule has 1 heterocycles. The van der Waals surface area contributed by atoms with Crippen molar-refractivity contribution >= 4 is 0 Å². The molecule has 0 N–H and O–H groups in total. The van der Waals surface area contributed by atoms with Gasteiger partial charge < -0.3 is 0 Å². The molecule has 0 fully saturated rings. The molecule has 0 bridgehead atoms. The molecule has 216 valence electrons.